The van der Waals surface area contributed by atoms with Crippen LogP contribution in [-0.4, -0.2) is 13.1 Å². The highest BCUT2D eigenvalue weighted by Gasteiger charge is 2.02. The van der Waals surface area contributed by atoms with E-state index >= 15 is 0 Å². The molecule has 0 unspecified atom stereocenters. The highest BCUT2D eigenvalue weighted by molar-refractivity contribution is 5.07. The normalized spacial score (nSPS) is 15.5. The number of nitrogens with one attached hydrogen (secondary N) is 1. The Morgan fingerprint density at radius 2 is 2.38 bits per heavy atom. The third kappa shape index (κ3) is 4.69. The van der Waals surface area contributed by atoms with Crippen molar-refractivity contribution in [2.75, 3.05) is 13.1 Å². The number of allylic oxidation sites excluding steroid dienone is 1. The summed E-state index contributed by atoms with van der Waals surface area (Å²) in [5, 5.41) is 11.7. The summed E-state index contributed by atoms with van der Waals surface area (Å²) < 4.78 is 0. The molecule has 0 aromatic heterocycles. The van der Waals surface area contributed by atoms with Crippen LogP contribution in [0, 0.1) is 11.3 Å². The van der Waals surface area contributed by atoms with Crippen LogP contribution in [0.3, 0.4) is 0 Å². The zero-order valence-electron chi connectivity index (χ0n) is 8.18. The van der Waals surface area contributed by atoms with Crippen molar-refractivity contribution in [2.24, 2.45) is 0 Å². The lowest BCUT2D eigenvalue weighted by atomic mass is 10.2. The summed E-state index contributed by atoms with van der Waals surface area (Å²) >= 11 is 0. The molecule has 2 heteroatoms. The Balaban J connectivity index is 1.87. The van der Waals surface area contributed by atoms with Crippen LogP contribution in [0.15, 0.2) is 11.6 Å². The smallest absolute Gasteiger partial charge is 0.0622 e. The van der Waals surface area contributed by atoms with Gasteiger partial charge >= 0.3 is 0 Å². The van der Waals surface area contributed by atoms with Gasteiger partial charge in [-0.1, -0.05) is 11.6 Å². The van der Waals surface area contributed by atoms with Crippen molar-refractivity contribution in [3.63, 3.8) is 0 Å². The first-order chi connectivity index (χ1) is 6.43. The number of hydrogen-bond donors (Lipinski definition) is 1. The van der Waals surface area contributed by atoms with Gasteiger partial charge in [-0.05, 0) is 45.2 Å². The van der Waals surface area contributed by atoms with Gasteiger partial charge in [0.15, 0.2) is 0 Å². The molecular weight excluding hydrogens is 160 g/mol. The topological polar surface area (TPSA) is 35.8 Å². The van der Waals surface area contributed by atoms with Crippen molar-refractivity contribution in [3.05, 3.63) is 11.6 Å². The Morgan fingerprint density at radius 3 is 3.08 bits per heavy atom. The van der Waals surface area contributed by atoms with Crippen LogP contribution in [0.5, 0.6) is 0 Å². The van der Waals surface area contributed by atoms with E-state index in [1.165, 1.54) is 25.7 Å². The second kappa shape index (κ2) is 6.68. The molecule has 1 aliphatic carbocycles. The minimum Gasteiger partial charge on any atom is -0.316 e. The monoisotopic (exact) mass is 178 g/mol. The molecule has 0 aromatic rings. The molecule has 1 aliphatic rings. The maximum atomic E-state index is 8.31. The zero-order chi connectivity index (χ0) is 9.36. The lowest BCUT2D eigenvalue weighted by Gasteiger charge is -2.03. The average molecular weight is 178 g/mol. The number of rotatable bonds is 6. The second-order valence-corrected chi connectivity index (χ2v) is 3.52. The van der Waals surface area contributed by atoms with E-state index in [2.05, 4.69) is 17.5 Å². The summed E-state index contributed by atoms with van der Waals surface area (Å²) in [6.07, 6.45) is 9.17. The maximum absolute atomic E-state index is 8.31. The molecule has 0 aliphatic heterocycles. The predicted molar refractivity (Wildman–Crippen MR) is 54.3 cm³/mol. The molecule has 0 aromatic carbocycles. The Kier molecular flexibility index (Phi) is 5.28. The van der Waals surface area contributed by atoms with Crippen LogP contribution in [0.4, 0.5) is 0 Å². The lowest BCUT2D eigenvalue weighted by Crippen LogP contribution is -2.16. The van der Waals surface area contributed by atoms with Gasteiger partial charge in [0, 0.05) is 6.42 Å². The second-order valence-electron chi connectivity index (χ2n) is 3.52. The molecule has 1 N–H and O–H groups in total. The Hall–Kier alpha value is -0.810. The number of nitrogens with zero attached hydrogens (tertiary/aromatic N) is 1. The van der Waals surface area contributed by atoms with E-state index in [9.17, 15) is 0 Å². The van der Waals surface area contributed by atoms with E-state index in [1.807, 2.05) is 0 Å². The van der Waals surface area contributed by atoms with Gasteiger partial charge < -0.3 is 5.32 Å². The predicted octanol–water partition coefficient (Wildman–Crippen LogP) is 2.38. The summed E-state index contributed by atoms with van der Waals surface area (Å²) in [5.41, 5.74) is 1.62. The first-order valence-corrected chi connectivity index (χ1v) is 5.19. The first-order valence-electron chi connectivity index (χ1n) is 5.19. The van der Waals surface area contributed by atoms with Gasteiger partial charge in [0.05, 0.1) is 6.07 Å². The summed E-state index contributed by atoms with van der Waals surface area (Å²) in [6, 6.07) is 2.15. The number of unbranched alkanes of at least 4 members (excludes halogenated alkanes) is 1. The molecule has 0 atom stereocenters. The van der Waals surface area contributed by atoms with Crippen molar-refractivity contribution in [2.45, 2.75) is 38.5 Å². The molecule has 0 bridgehead atoms. The fourth-order valence-electron chi connectivity index (χ4n) is 1.63. The molecule has 0 saturated carbocycles. The van der Waals surface area contributed by atoms with Crippen LogP contribution in [0.1, 0.15) is 38.5 Å². The van der Waals surface area contributed by atoms with E-state index in [1.54, 1.807) is 5.57 Å². The standard InChI is InChI=1S/C11H18N2/c12-8-3-4-9-13-10-7-11-5-1-2-6-11/h5,13H,1-4,6-7,9-10H2. The maximum Gasteiger partial charge on any atom is 0.0622 e. The molecule has 72 valence electrons. The van der Waals surface area contributed by atoms with Gasteiger partial charge in [0.25, 0.3) is 0 Å². The number of nitriles is 1. The molecule has 0 radical (unpaired) electrons. The van der Waals surface area contributed by atoms with Gasteiger partial charge in [0.2, 0.25) is 0 Å². The van der Waals surface area contributed by atoms with Gasteiger partial charge in [0.1, 0.15) is 0 Å². The minimum absolute atomic E-state index is 0.676. The van der Waals surface area contributed by atoms with Crippen LogP contribution in [0.25, 0.3) is 0 Å². The van der Waals surface area contributed by atoms with Crippen LogP contribution < -0.4 is 5.32 Å². The summed E-state index contributed by atoms with van der Waals surface area (Å²) in [4.78, 5) is 0. The molecule has 0 spiro atoms. The van der Waals surface area contributed by atoms with E-state index in [-0.39, 0.29) is 0 Å². The van der Waals surface area contributed by atoms with Gasteiger partial charge in [-0.25, -0.2) is 0 Å². The Bertz CT molecular complexity index is 201. The zero-order valence-corrected chi connectivity index (χ0v) is 8.18. The third-order valence-corrected chi connectivity index (χ3v) is 2.40. The minimum atomic E-state index is 0.676. The first kappa shape index (κ1) is 10.3. The van der Waals surface area contributed by atoms with Crippen LogP contribution in [0.2, 0.25) is 0 Å². The van der Waals surface area contributed by atoms with Crippen molar-refractivity contribution in [3.8, 4) is 6.07 Å². The molecule has 0 fully saturated rings. The van der Waals surface area contributed by atoms with Crippen molar-refractivity contribution >= 4 is 0 Å². The number of hydrogen-bond acceptors (Lipinski definition) is 2. The van der Waals surface area contributed by atoms with E-state index in [0.717, 1.165) is 19.5 Å². The SMILES string of the molecule is N#CCCCNCCC1=CCCC1. The molecule has 2 nitrogen and oxygen atoms in total. The Labute approximate surface area is 80.6 Å². The molecule has 1 rings (SSSR count). The van der Waals surface area contributed by atoms with Gasteiger partial charge in [-0.3, -0.25) is 0 Å². The third-order valence-electron chi connectivity index (χ3n) is 2.40. The molecule has 0 amide bonds. The molecule has 0 saturated heterocycles. The summed E-state index contributed by atoms with van der Waals surface area (Å²) in [5.74, 6) is 0. The quantitative estimate of drug-likeness (QED) is 0.500. The van der Waals surface area contributed by atoms with Gasteiger partial charge in [-0.2, -0.15) is 5.26 Å². The van der Waals surface area contributed by atoms with Crippen molar-refractivity contribution in [1.82, 2.24) is 5.32 Å². The highest BCUT2D eigenvalue weighted by Crippen LogP contribution is 2.19. The average Bonchev–Trinajstić information content (AvgIpc) is 2.63. The van der Waals surface area contributed by atoms with Crippen LogP contribution >= 0.6 is 0 Å². The largest absolute Gasteiger partial charge is 0.316 e. The summed E-state index contributed by atoms with van der Waals surface area (Å²) in [6.45, 7) is 2.07. The Morgan fingerprint density at radius 1 is 1.46 bits per heavy atom. The molecule has 13 heavy (non-hydrogen) atoms. The fraction of sp³-hybridized carbons (Fsp3) is 0.727. The van der Waals surface area contributed by atoms with Crippen LogP contribution in [-0.2, 0) is 0 Å². The fourth-order valence-corrected chi connectivity index (χ4v) is 1.63. The van der Waals surface area contributed by atoms with E-state index in [0.29, 0.717) is 6.42 Å². The summed E-state index contributed by atoms with van der Waals surface area (Å²) in [7, 11) is 0. The van der Waals surface area contributed by atoms with E-state index in [4.69, 9.17) is 5.26 Å². The van der Waals surface area contributed by atoms with E-state index < -0.39 is 0 Å². The lowest BCUT2D eigenvalue weighted by molar-refractivity contribution is 0.648. The molecule has 0 heterocycles. The van der Waals surface area contributed by atoms with Crippen molar-refractivity contribution in [1.29, 1.82) is 5.26 Å². The highest BCUT2D eigenvalue weighted by atomic mass is 14.8. The van der Waals surface area contributed by atoms with Crippen molar-refractivity contribution < 1.29 is 0 Å². The van der Waals surface area contributed by atoms with Gasteiger partial charge in [-0.15, -0.1) is 0 Å². The molecular formula is C11H18N2.